The summed E-state index contributed by atoms with van der Waals surface area (Å²) in [5.74, 6) is -1.38. The number of aromatic nitrogens is 2. The van der Waals surface area contributed by atoms with Crippen LogP contribution < -0.4 is 26.8 Å². The maximum atomic E-state index is 14.7. The van der Waals surface area contributed by atoms with E-state index < -0.39 is 17.5 Å². The molecule has 1 aromatic carbocycles. The fraction of sp³-hybridized carbons (Fsp3) is 0.292. The highest BCUT2D eigenvalue weighted by Gasteiger charge is 2.19. The number of primary amides is 1. The fourth-order valence-electron chi connectivity index (χ4n) is 3.47. The van der Waals surface area contributed by atoms with Crippen molar-refractivity contribution in [2.75, 3.05) is 24.3 Å². The first kappa shape index (κ1) is 24.8. The third-order valence-electron chi connectivity index (χ3n) is 5.10. The van der Waals surface area contributed by atoms with Crippen LogP contribution in [-0.4, -0.2) is 35.6 Å². The number of carbonyl (C=O) groups excluding carboxylic acids is 1. The standard InChI is InChI=1S/C24H28F2N6O2/c1-13(2)8-15(12-27)31-24-20(26)11-18(22(28)33)23(32-24)30-14-6-7-29-21(9-14)17-5-4-16(34-3)10-19(17)25/h4-7,9-11,13,15H,8,12,27H2,1-3H3,(H2,28,33)(H2,29,30,31,32). The van der Waals surface area contributed by atoms with Crippen LogP contribution in [0.15, 0.2) is 42.6 Å². The molecule has 0 aliphatic carbocycles. The van der Waals surface area contributed by atoms with E-state index in [1.807, 2.05) is 13.8 Å². The van der Waals surface area contributed by atoms with E-state index in [4.69, 9.17) is 16.2 Å². The summed E-state index contributed by atoms with van der Waals surface area (Å²) in [6, 6.07) is 8.43. The third kappa shape index (κ3) is 5.96. The van der Waals surface area contributed by atoms with E-state index in [9.17, 15) is 13.6 Å². The molecule has 2 aromatic heterocycles. The lowest BCUT2D eigenvalue weighted by Gasteiger charge is -2.21. The second-order valence-corrected chi connectivity index (χ2v) is 8.19. The van der Waals surface area contributed by atoms with E-state index in [-0.39, 0.29) is 35.3 Å². The largest absolute Gasteiger partial charge is 0.497 e. The summed E-state index contributed by atoms with van der Waals surface area (Å²) in [6.45, 7) is 4.34. The molecule has 0 aliphatic rings. The highest BCUT2D eigenvalue weighted by Crippen LogP contribution is 2.29. The summed E-state index contributed by atoms with van der Waals surface area (Å²) in [7, 11) is 1.45. The highest BCUT2D eigenvalue weighted by atomic mass is 19.1. The van der Waals surface area contributed by atoms with Gasteiger partial charge >= 0.3 is 0 Å². The molecular weight excluding hydrogens is 442 g/mol. The number of nitrogens with two attached hydrogens (primary N) is 2. The van der Waals surface area contributed by atoms with Gasteiger partial charge in [-0.05, 0) is 42.7 Å². The smallest absolute Gasteiger partial charge is 0.252 e. The summed E-state index contributed by atoms with van der Waals surface area (Å²) in [6.07, 6.45) is 2.18. The Morgan fingerprint density at radius 3 is 2.50 bits per heavy atom. The van der Waals surface area contributed by atoms with E-state index in [2.05, 4.69) is 20.6 Å². The average molecular weight is 471 g/mol. The lowest BCUT2D eigenvalue weighted by Crippen LogP contribution is -2.31. The van der Waals surface area contributed by atoms with Crippen molar-refractivity contribution in [2.45, 2.75) is 26.3 Å². The SMILES string of the molecule is COc1ccc(-c2cc(Nc3nc(NC(CN)CC(C)C)c(F)cc3C(N)=O)ccn2)c(F)c1. The Morgan fingerprint density at radius 1 is 1.12 bits per heavy atom. The monoisotopic (exact) mass is 470 g/mol. The van der Waals surface area contributed by atoms with E-state index in [1.165, 1.54) is 19.4 Å². The summed E-state index contributed by atoms with van der Waals surface area (Å²) >= 11 is 0. The van der Waals surface area contributed by atoms with Crippen molar-refractivity contribution in [1.82, 2.24) is 9.97 Å². The number of rotatable bonds is 10. The van der Waals surface area contributed by atoms with Crippen molar-refractivity contribution in [3.63, 3.8) is 0 Å². The van der Waals surface area contributed by atoms with Crippen LogP contribution in [0.3, 0.4) is 0 Å². The van der Waals surface area contributed by atoms with Gasteiger partial charge < -0.3 is 26.8 Å². The van der Waals surface area contributed by atoms with Crippen LogP contribution in [0.2, 0.25) is 0 Å². The normalized spacial score (nSPS) is 11.9. The first-order valence-electron chi connectivity index (χ1n) is 10.8. The minimum Gasteiger partial charge on any atom is -0.497 e. The van der Waals surface area contributed by atoms with Crippen molar-refractivity contribution >= 4 is 23.2 Å². The Bertz CT molecular complexity index is 1170. The van der Waals surface area contributed by atoms with Gasteiger partial charge in [-0.25, -0.2) is 13.8 Å². The first-order chi connectivity index (χ1) is 16.2. The van der Waals surface area contributed by atoms with Crippen LogP contribution in [-0.2, 0) is 0 Å². The summed E-state index contributed by atoms with van der Waals surface area (Å²) < 4.78 is 34.2. The molecule has 0 radical (unpaired) electrons. The first-order valence-corrected chi connectivity index (χ1v) is 10.8. The van der Waals surface area contributed by atoms with Gasteiger partial charge in [-0.15, -0.1) is 0 Å². The lowest BCUT2D eigenvalue weighted by molar-refractivity contribution is 0.100. The Labute approximate surface area is 196 Å². The minimum atomic E-state index is -0.853. The van der Waals surface area contributed by atoms with Crippen LogP contribution in [0.4, 0.5) is 26.1 Å². The number of hydrogen-bond donors (Lipinski definition) is 4. The minimum absolute atomic E-state index is 0.0454. The molecular formula is C24H28F2N6O2. The number of nitrogens with one attached hydrogen (secondary N) is 2. The topological polar surface area (TPSA) is 128 Å². The van der Waals surface area contributed by atoms with Gasteiger partial charge in [0.25, 0.3) is 5.91 Å². The number of pyridine rings is 2. The van der Waals surface area contributed by atoms with E-state index in [0.717, 1.165) is 6.07 Å². The molecule has 0 aliphatic heterocycles. The molecule has 0 saturated heterocycles. The van der Waals surface area contributed by atoms with Gasteiger partial charge in [-0.3, -0.25) is 9.78 Å². The van der Waals surface area contributed by atoms with Gasteiger partial charge in [0.2, 0.25) is 0 Å². The molecule has 0 spiro atoms. The number of carbonyl (C=O) groups is 1. The fourth-order valence-corrected chi connectivity index (χ4v) is 3.47. The predicted octanol–water partition coefficient (Wildman–Crippen LogP) is 4.06. The van der Waals surface area contributed by atoms with E-state index in [1.54, 1.807) is 24.3 Å². The van der Waals surface area contributed by atoms with Crippen LogP contribution >= 0.6 is 0 Å². The number of hydrogen-bond acceptors (Lipinski definition) is 7. The van der Waals surface area contributed by atoms with E-state index >= 15 is 0 Å². The quantitative estimate of drug-likeness (QED) is 0.352. The number of ether oxygens (including phenoxy) is 1. The van der Waals surface area contributed by atoms with Gasteiger partial charge in [-0.1, -0.05) is 13.8 Å². The molecule has 10 heteroatoms. The number of anilines is 3. The molecule has 1 amide bonds. The second kappa shape index (κ2) is 10.9. The molecule has 180 valence electrons. The highest BCUT2D eigenvalue weighted by molar-refractivity contribution is 5.98. The number of methoxy groups -OCH3 is 1. The van der Waals surface area contributed by atoms with Crippen molar-refractivity contribution < 1.29 is 18.3 Å². The second-order valence-electron chi connectivity index (χ2n) is 8.19. The Kier molecular flexibility index (Phi) is 7.95. The molecule has 1 unspecified atom stereocenters. The van der Waals surface area contributed by atoms with Gasteiger partial charge in [-0.2, -0.15) is 0 Å². The molecule has 0 saturated carbocycles. The number of halogens is 2. The predicted molar refractivity (Wildman–Crippen MR) is 128 cm³/mol. The number of benzene rings is 1. The summed E-state index contributed by atoms with van der Waals surface area (Å²) in [5.41, 5.74) is 12.2. The average Bonchev–Trinajstić information content (AvgIpc) is 2.80. The van der Waals surface area contributed by atoms with Crippen LogP contribution in [0.25, 0.3) is 11.3 Å². The summed E-state index contributed by atoms with van der Waals surface area (Å²) in [4.78, 5) is 20.4. The Hall–Kier alpha value is -3.79. The number of amides is 1. The van der Waals surface area contributed by atoms with Crippen molar-refractivity contribution in [2.24, 2.45) is 17.4 Å². The van der Waals surface area contributed by atoms with Crippen LogP contribution in [0.5, 0.6) is 5.75 Å². The molecule has 6 N–H and O–H groups in total. The van der Waals surface area contributed by atoms with Crippen molar-refractivity contribution in [1.29, 1.82) is 0 Å². The maximum absolute atomic E-state index is 14.7. The Morgan fingerprint density at radius 2 is 1.88 bits per heavy atom. The van der Waals surface area contributed by atoms with Crippen LogP contribution in [0.1, 0.15) is 30.6 Å². The van der Waals surface area contributed by atoms with Gasteiger partial charge in [0.15, 0.2) is 11.6 Å². The molecule has 2 heterocycles. The molecule has 3 aromatic rings. The van der Waals surface area contributed by atoms with Crippen molar-refractivity contribution in [3.8, 4) is 17.0 Å². The molecule has 8 nitrogen and oxygen atoms in total. The van der Waals surface area contributed by atoms with Crippen molar-refractivity contribution in [3.05, 3.63) is 59.8 Å². The maximum Gasteiger partial charge on any atom is 0.252 e. The van der Waals surface area contributed by atoms with Crippen LogP contribution in [0, 0.1) is 17.6 Å². The molecule has 0 fully saturated rings. The van der Waals surface area contributed by atoms with E-state index in [0.29, 0.717) is 29.5 Å². The van der Waals surface area contributed by atoms with Gasteiger partial charge in [0, 0.05) is 36.1 Å². The zero-order valence-electron chi connectivity index (χ0n) is 19.2. The third-order valence-corrected chi connectivity index (χ3v) is 5.10. The van der Waals surface area contributed by atoms with Gasteiger partial charge in [0.05, 0.1) is 18.4 Å². The molecule has 1 atom stereocenters. The Balaban J connectivity index is 1.95. The summed E-state index contributed by atoms with van der Waals surface area (Å²) in [5, 5.41) is 5.97. The zero-order chi connectivity index (χ0) is 24.8. The molecule has 34 heavy (non-hydrogen) atoms. The number of nitrogens with zero attached hydrogens (tertiary/aromatic N) is 2. The molecule has 3 rings (SSSR count). The lowest BCUT2D eigenvalue weighted by atomic mass is 10.0. The van der Waals surface area contributed by atoms with Gasteiger partial charge in [0.1, 0.15) is 17.4 Å². The zero-order valence-corrected chi connectivity index (χ0v) is 19.2. The molecule has 0 bridgehead atoms.